The van der Waals surface area contributed by atoms with E-state index in [9.17, 15) is 9.59 Å². The topological polar surface area (TPSA) is 58.4 Å². The zero-order chi connectivity index (χ0) is 21.1. The molecule has 2 heterocycles. The van der Waals surface area contributed by atoms with Crippen LogP contribution in [0.25, 0.3) is 0 Å². The molecule has 0 bridgehead atoms. The van der Waals surface area contributed by atoms with E-state index in [0.29, 0.717) is 24.7 Å². The van der Waals surface area contributed by atoms with Gasteiger partial charge in [-0.2, -0.15) is 5.10 Å². The number of aromatic nitrogens is 2. The lowest BCUT2D eigenvalue weighted by atomic mass is 10.1. The van der Waals surface area contributed by atoms with Crippen LogP contribution in [-0.4, -0.2) is 40.1 Å². The molecule has 7 heteroatoms. The number of halogens is 1. The molecule has 1 unspecified atom stereocenters. The quantitative estimate of drug-likeness (QED) is 0.610. The molecule has 0 saturated carbocycles. The van der Waals surface area contributed by atoms with E-state index in [4.69, 9.17) is 11.6 Å². The van der Waals surface area contributed by atoms with Crippen molar-refractivity contribution in [1.82, 2.24) is 14.7 Å². The fourth-order valence-electron chi connectivity index (χ4n) is 3.77. The molecule has 3 aromatic rings. The Morgan fingerprint density at radius 3 is 2.73 bits per heavy atom. The van der Waals surface area contributed by atoms with Gasteiger partial charge in [0, 0.05) is 49.0 Å². The molecule has 0 spiro atoms. The maximum absolute atomic E-state index is 12.9. The Labute approximate surface area is 180 Å². The molecule has 1 aromatic heterocycles. The maximum atomic E-state index is 12.9. The summed E-state index contributed by atoms with van der Waals surface area (Å²) < 4.78 is 1.86. The highest BCUT2D eigenvalue weighted by molar-refractivity contribution is 6.31. The summed E-state index contributed by atoms with van der Waals surface area (Å²) in [7, 11) is 1.77. The van der Waals surface area contributed by atoms with Gasteiger partial charge >= 0.3 is 0 Å². The smallest absolute Gasteiger partial charge is 0.228 e. The standard InChI is InChI=1S/C23H23ClN4O2/c1-26(13-18-12-25-27(15-18)14-17-6-3-2-4-7-17)23(30)19-10-22(29)28(16-19)21-9-5-8-20(24)11-21/h2-9,11-12,15,19H,10,13-14,16H2,1H3. The van der Waals surface area contributed by atoms with Gasteiger partial charge in [0.05, 0.1) is 18.7 Å². The van der Waals surface area contributed by atoms with Gasteiger partial charge in [-0.15, -0.1) is 0 Å². The summed E-state index contributed by atoms with van der Waals surface area (Å²) in [5, 5.41) is 4.97. The van der Waals surface area contributed by atoms with Crippen LogP contribution in [0, 0.1) is 5.92 Å². The lowest BCUT2D eigenvalue weighted by Crippen LogP contribution is -2.34. The Bertz CT molecular complexity index is 1050. The summed E-state index contributed by atoms with van der Waals surface area (Å²) in [6, 6.07) is 17.3. The van der Waals surface area contributed by atoms with Crippen LogP contribution in [0.2, 0.25) is 5.02 Å². The van der Waals surface area contributed by atoms with Crippen molar-refractivity contribution >= 4 is 29.1 Å². The monoisotopic (exact) mass is 422 g/mol. The molecule has 6 nitrogen and oxygen atoms in total. The minimum atomic E-state index is -0.360. The van der Waals surface area contributed by atoms with Gasteiger partial charge in [-0.3, -0.25) is 14.3 Å². The Balaban J connectivity index is 1.37. The van der Waals surface area contributed by atoms with Crippen molar-refractivity contribution in [2.24, 2.45) is 5.92 Å². The van der Waals surface area contributed by atoms with Gasteiger partial charge in [0.15, 0.2) is 0 Å². The van der Waals surface area contributed by atoms with E-state index in [0.717, 1.165) is 11.3 Å². The molecular formula is C23H23ClN4O2. The third-order valence-electron chi connectivity index (χ3n) is 5.26. The normalized spacial score (nSPS) is 16.1. The Hall–Kier alpha value is -3.12. The zero-order valence-corrected chi connectivity index (χ0v) is 17.5. The fraction of sp³-hybridized carbons (Fsp3) is 0.261. The first kappa shape index (κ1) is 20.2. The second kappa shape index (κ2) is 8.71. The van der Waals surface area contributed by atoms with Crippen molar-refractivity contribution in [3.8, 4) is 0 Å². The van der Waals surface area contributed by atoms with E-state index in [-0.39, 0.29) is 24.2 Å². The summed E-state index contributed by atoms with van der Waals surface area (Å²) in [4.78, 5) is 28.7. The first-order chi connectivity index (χ1) is 14.5. The van der Waals surface area contributed by atoms with Gasteiger partial charge in [-0.05, 0) is 23.8 Å². The van der Waals surface area contributed by atoms with E-state index >= 15 is 0 Å². The number of benzene rings is 2. The third kappa shape index (κ3) is 4.54. The number of hydrogen-bond donors (Lipinski definition) is 0. The summed E-state index contributed by atoms with van der Waals surface area (Å²) >= 11 is 6.04. The molecule has 154 valence electrons. The average molecular weight is 423 g/mol. The molecule has 4 rings (SSSR count). The Kier molecular flexibility index (Phi) is 5.86. The van der Waals surface area contributed by atoms with Gasteiger partial charge in [0.2, 0.25) is 11.8 Å². The lowest BCUT2D eigenvalue weighted by molar-refractivity contribution is -0.135. The molecular weight excluding hydrogens is 400 g/mol. The molecule has 1 fully saturated rings. The van der Waals surface area contributed by atoms with E-state index in [1.54, 1.807) is 41.2 Å². The summed E-state index contributed by atoms with van der Waals surface area (Å²) in [5.41, 5.74) is 2.85. The minimum absolute atomic E-state index is 0.0383. The van der Waals surface area contributed by atoms with E-state index in [1.165, 1.54) is 5.56 Å². The number of carbonyl (C=O) groups is 2. The van der Waals surface area contributed by atoms with Crippen LogP contribution in [0.3, 0.4) is 0 Å². The zero-order valence-electron chi connectivity index (χ0n) is 16.7. The Morgan fingerprint density at radius 1 is 1.17 bits per heavy atom. The van der Waals surface area contributed by atoms with Gasteiger partial charge < -0.3 is 9.80 Å². The molecule has 0 N–H and O–H groups in total. The van der Waals surface area contributed by atoms with Crippen LogP contribution < -0.4 is 4.90 Å². The molecule has 1 aliphatic heterocycles. The van der Waals surface area contributed by atoms with Gasteiger partial charge in [0.25, 0.3) is 0 Å². The van der Waals surface area contributed by atoms with E-state index < -0.39 is 0 Å². The highest BCUT2D eigenvalue weighted by Gasteiger charge is 2.36. The highest BCUT2D eigenvalue weighted by atomic mass is 35.5. The van der Waals surface area contributed by atoms with Crippen molar-refractivity contribution in [2.45, 2.75) is 19.5 Å². The average Bonchev–Trinajstić information content (AvgIpc) is 3.34. The van der Waals surface area contributed by atoms with Crippen molar-refractivity contribution in [3.05, 3.63) is 83.1 Å². The largest absolute Gasteiger partial charge is 0.341 e. The third-order valence-corrected chi connectivity index (χ3v) is 5.50. The molecule has 2 amide bonds. The van der Waals surface area contributed by atoms with Gasteiger partial charge in [-0.1, -0.05) is 48.0 Å². The highest BCUT2D eigenvalue weighted by Crippen LogP contribution is 2.28. The van der Waals surface area contributed by atoms with Crippen LogP contribution in [0.15, 0.2) is 67.0 Å². The number of hydrogen-bond acceptors (Lipinski definition) is 3. The predicted molar refractivity (Wildman–Crippen MR) is 116 cm³/mol. The number of nitrogens with zero attached hydrogens (tertiary/aromatic N) is 4. The van der Waals surface area contributed by atoms with Gasteiger partial charge in [0.1, 0.15) is 0 Å². The predicted octanol–water partition coefficient (Wildman–Crippen LogP) is 3.60. The fourth-order valence-corrected chi connectivity index (χ4v) is 3.96. The molecule has 0 radical (unpaired) electrons. The van der Waals surface area contributed by atoms with E-state index in [2.05, 4.69) is 17.2 Å². The van der Waals surface area contributed by atoms with E-state index in [1.807, 2.05) is 35.1 Å². The van der Waals surface area contributed by atoms with Crippen LogP contribution in [0.4, 0.5) is 5.69 Å². The minimum Gasteiger partial charge on any atom is -0.341 e. The van der Waals surface area contributed by atoms with Crippen LogP contribution >= 0.6 is 11.6 Å². The molecule has 2 aromatic carbocycles. The molecule has 1 saturated heterocycles. The van der Waals surface area contributed by atoms with Gasteiger partial charge in [-0.25, -0.2) is 0 Å². The first-order valence-electron chi connectivity index (χ1n) is 9.86. The lowest BCUT2D eigenvalue weighted by Gasteiger charge is -2.21. The second-order valence-corrected chi connectivity index (χ2v) is 8.05. The Morgan fingerprint density at radius 2 is 1.97 bits per heavy atom. The molecule has 30 heavy (non-hydrogen) atoms. The first-order valence-corrected chi connectivity index (χ1v) is 10.2. The summed E-state index contributed by atoms with van der Waals surface area (Å²) in [6.45, 7) is 1.51. The number of amides is 2. The van der Waals surface area contributed by atoms with Crippen LogP contribution in [0.5, 0.6) is 0 Å². The maximum Gasteiger partial charge on any atom is 0.228 e. The van der Waals surface area contributed by atoms with Crippen molar-refractivity contribution in [2.75, 3.05) is 18.5 Å². The van der Waals surface area contributed by atoms with Crippen molar-refractivity contribution in [1.29, 1.82) is 0 Å². The summed E-state index contributed by atoms with van der Waals surface area (Å²) in [5.74, 6) is -0.454. The second-order valence-electron chi connectivity index (χ2n) is 7.61. The number of carbonyl (C=O) groups excluding carboxylic acids is 2. The SMILES string of the molecule is CN(Cc1cnn(Cc2ccccc2)c1)C(=O)C1CC(=O)N(c2cccc(Cl)c2)C1. The van der Waals surface area contributed by atoms with Crippen LogP contribution in [0.1, 0.15) is 17.5 Å². The van der Waals surface area contributed by atoms with Crippen molar-refractivity contribution in [3.63, 3.8) is 0 Å². The number of anilines is 1. The van der Waals surface area contributed by atoms with Crippen molar-refractivity contribution < 1.29 is 9.59 Å². The molecule has 1 atom stereocenters. The number of rotatable bonds is 6. The summed E-state index contributed by atoms with van der Waals surface area (Å²) in [6.07, 6.45) is 3.95. The van der Waals surface area contributed by atoms with Crippen LogP contribution in [-0.2, 0) is 22.7 Å². The molecule has 0 aliphatic carbocycles. The molecule has 1 aliphatic rings.